The fourth-order valence-electron chi connectivity index (χ4n) is 3.68. The van der Waals surface area contributed by atoms with E-state index < -0.39 is 0 Å². The van der Waals surface area contributed by atoms with Gasteiger partial charge >= 0.3 is 0 Å². The largest absolute Gasteiger partial charge is 0.383 e. The molecule has 0 amide bonds. The topological polar surface area (TPSA) is 24.5 Å². The molecule has 2 fully saturated rings. The van der Waals surface area contributed by atoms with E-state index in [4.69, 9.17) is 4.74 Å². The first-order valence-corrected chi connectivity index (χ1v) is 7.45. The molecule has 1 aliphatic carbocycles. The minimum Gasteiger partial charge on any atom is -0.383 e. The van der Waals surface area contributed by atoms with E-state index >= 15 is 0 Å². The Bertz CT molecular complexity index is 266. The molecular weight excluding hydrogens is 224 g/mol. The molecule has 1 saturated heterocycles. The first-order valence-electron chi connectivity index (χ1n) is 7.45. The number of rotatable bonds is 3. The zero-order valence-electron chi connectivity index (χ0n) is 12.6. The molecule has 3 heteroatoms. The first kappa shape index (κ1) is 14.3. The van der Waals surface area contributed by atoms with E-state index in [0.717, 1.165) is 19.7 Å². The van der Waals surface area contributed by atoms with E-state index in [9.17, 15) is 0 Å². The number of hydrogen-bond acceptors (Lipinski definition) is 3. The molecule has 0 aromatic heterocycles. The highest BCUT2D eigenvalue weighted by Crippen LogP contribution is 2.36. The van der Waals surface area contributed by atoms with Crippen LogP contribution in [0.4, 0.5) is 0 Å². The van der Waals surface area contributed by atoms with Crippen molar-refractivity contribution in [2.75, 3.05) is 33.4 Å². The predicted molar refractivity (Wildman–Crippen MR) is 75.9 cm³/mol. The van der Waals surface area contributed by atoms with Crippen molar-refractivity contribution in [1.82, 2.24) is 10.2 Å². The van der Waals surface area contributed by atoms with E-state index in [-0.39, 0.29) is 0 Å². The molecule has 1 unspecified atom stereocenters. The maximum atomic E-state index is 5.29. The highest BCUT2D eigenvalue weighted by molar-refractivity contribution is 5.03. The van der Waals surface area contributed by atoms with E-state index in [0.29, 0.717) is 17.0 Å². The van der Waals surface area contributed by atoms with Crippen molar-refractivity contribution in [3.05, 3.63) is 0 Å². The van der Waals surface area contributed by atoms with Crippen LogP contribution in [-0.2, 0) is 4.74 Å². The summed E-state index contributed by atoms with van der Waals surface area (Å²) in [7, 11) is 1.81. The third-order valence-electron chi connectivity index (χ3n) is 4.76. The van der Waals surface area contributed by atoms with Crippen molar-refractivity contribution in [3.8, 4) is 0 Å². The Morgan fingerprint density at radius 2 is 1.94 bits per heavy atom. The molecule has 2 aliphatic rings. The van der Waals surface area contributed by atoms with Crippen molar-refractivity contribution in [2.24, 2.45) is 5.41 Å². The molecule has 0 bridgehead atoms. The van der Waals surface area contributed by atoms with Gasteiger partial charge in [-0.15, -0.1) is 0 Å². The summed E-state index contributed by atoms with van der Waals surface area (Å²) in [4.78, 5) is 2.67. The van der Waals surface area contributed by atoms with Crippen LogP contribution in [0, 0.1) is 5.41 Å². The molecule has 1 heterocycles. The number of methoxy groups -OCH3 is 1. The Balaban J connectivity index is 2.05. The lowest BCUT2D eigenvalue weighted by atomic mass is 9.81. The van der Waals surface area contributed by atoms with Crippen LogP contribution in [-0.4, -0.2) is 49.8 Å². The molecule has 18 heavy (non-hydrogen) atoms. The summed E-state index contributed by atoms with van der Waals surface area (Å²) in [6.07, 6.45) is 5.50. The standard InChI is InChI=1S/C15H30N2O/c1-14(2,3)13-11-16-15(7-5-6-8-15)12-17(13)9-10-18-4/h13,16H,5-12H2,1-4H3. The maximum absolute atomic E-state index is 5.29. The minimum atomic E-state index is 0.334. The number of piperazine rings is 1. The lowest BCUT2D eigenvalue weighted by Gasteiger charge is -2.50. The monoisotopic (exact) mass is 254 g/mol. The van der Waals surface area contributed by atoms with Crippen LogP contribution in [0.5, 0.6) is 0 Å². The smallest absolute Gasteiger partial charge is 0.0589 e. The molecule has 1 N–H and O–H groups in total. The number of nitrogens with one attached hydrogen (secondary N) is 1. The summed E-state index contributed by atoms with van der Waals surface area (Å²) in [5.41, 5.74) is 0.746. The van der Waals surface area contributed by atoms with Crippen LogP contribution in [0.1, 0.15) is 46.5 Å². The van der Waals surface area contributed by atoms with Crippen molar-refractivity contribution in [3.63, 3.8) is 0 Å². The summed E-state index contributed by atoms with van der Waals surface area (Å²) in [6.45, 7) is 11.3. The molecule has 3 nitrogen and oxygen atoms in total. The van der Waals surface area contributed by atoms with Crippen molar-refractivity contribution >= 4 is 0 Å². The van der Waals surface area contributed by atoms with Crippen LogP contribution in [0.3, 0.4) is 0 Å². The van der Waals surface area contributed by atoms with E-state index in [1.54, 1.807) is 7.11 Å². The molecule has 1 spiro atoms. The van der Waals surface area contributed by atoms with Crippen molar-refractivity contribution < 1.29 is 4.74 Å². The summed E-state index contributed by atoms with van der Waals surface area (Å²) in [5, 5.41) is 3.88. The maximum Gasteiger partial charge on any atom is 0.0589 e. The van der Waals surface area contributed by atoms with Crippen LogP contribution < -0.4 is 5.32 Å². The van der Waals surface area contributed by atoms with Gasteiger partial charge in [0.1, 0.15) is 0 Å². The van der Waals surface area contributed by atoms with Crippen molar-refractivity contribution in [2.45, 2.75) is 58.0 Å². The molecule has 0 aromatic rings. The second-order valence-electron chi connectivity index (χ2n) is 7.21. The Kier molecular flexibility index (Phi) is 4.35. The highest BCUT2D eigenvalue weighted by atomic mass is 16.5. The predicted octanol–water partition coefficient (Wildman–Crippen LogP) is 2.27. The average Bonchev–Trinajstić information content (AvgIpc) is 2.73. The van der Waals surface area contributed by atoms with Gasteiger partial charge in [0.25, 0.3) is 0 Å². The Morgan fingerprint density at radius 3 is 2.50 bits per heavy atom. The summed E-state index contributed by atoms with van der Waals surface area (Å²) in [6, 6.07) is 0.624. The second kappa shape index (κ2) is 5.48. The minimum absolute atomic E-state index is 0.334. The molecular formula is C15H30N2O. The first-order chi connectivity index (χ1) is 8.47. The van der Waals surface area contributed by atoms with Gasteiger partial charge in [-0.25, -0.2) is 0 Å². The molecule has 0 radical (unpaired) electrons. The van der Waals surface area contributed by atoms with Crippen molar-refractivity contribution in [1.29, 1.82) is 0 Å². The molecule has 1 aliphatic heterocycles. The number of nitrogens with zero attached hydrogens (tertiary/aromatic N) is 1. The van der Waals surface area contributed by atoms with Gasteiger partial charge in [0, 0.05) is 38.3 Å². The van der Waals surface area contributed by atoms with Gasteiger partial charge in [0.2, 0.25) is 0 Å². The molecule has 1 atom stereocenters. The lowest BCUT2D eigenvalue weighted by molar-refractivity contribution is 0.00826. The van der Waals surface area contributed by atoms with Gasteiger partial charge in [-0.1, -0.05) is 33.6 Å². The van der Waals surface area contributed by atoms with Crippen LogP contribution in [0.25, 0.3) is 0 Å². The van der Waals surface area contributed by atoms with Gasteiger partial charge in [-0.2, -0.15) is 0 Å². The van der Waals surface area contributed by atoms with E-state index in [2.05, 4.69) is 31.0 Å². The van der Waals surface area contributed by atoms with Gasteiger partial charge in [0.15, 0.2) is 0 Å². The zero-order valence-corrected chi connectivity index (χ0v) is 12.6. The van der Waals surface area contributed by atoms with E-state index in [1.165, 1.54) is 32.2 Å². The third kappa shape index (κ3) is 3.06. The summed E-state index contributed by atoms with van der Waals surface area (Å²) < 4.78 is 5.29. The molecule has 106 valence electrons. The Hall–Kier alpha value is -0.120. The van der Waals surface area contributed by atoms with Crippen LogP contribution >= 0.6 is 0 Å². The Labute approximate surface area is 112 Å². The van der Waals surface area contributed by atoms with Gasteiger partial charge in [-0.05, 0) is 18.3 Å². The summed E-state index contributed by atoms with van der Waals surface area (Å²) >= 11 is 0. The zero-order chi connectivity index (χ0) is 13.2. The average molecular weight is 254 g/mol. The SMILES string of the molecule is COCCN1CC2(CCCC2)NCC1C(C)(C)C. The normalized spacial score (nSPS) is 29.0. The molecule has 2 rings (SSSR count). The van der Waals surface area contributed by atoms with Crippen LogP contribution in [0.2, 0.25) is 0 Å². The van der Waals surface area contributed by atoms with Gasteiger partial charge in [-0.3, -0.25) is 4.90 Å². The van der Waals surface area contributed by atoms with Crippen LogP contribution in [0.15, 0.2) is 0 Å². The fourth-order valence-corrected chi connectivity index (χ4v) is 3.68. The lowest BCUT2D eigenvalue weighted by Crippen LogP contribution is -2.66. The molecule has 1 saturated carbocycles. The van der Waals surface area contributed by atoms with E-state index in [1.807, 2.05) is 0 Å². The summed E-state index contributed by atoms with van der Waals surface area (Å²) in [5.74, 6) is 0. The number of ether oxygens (including phenoxy) is 1. The number of hydrogen-bond donors (Lipinski definition) is 1. The fraction of sp³-hybridized carbons (Fsp3) is 1.00. The second-order valence-corrected chi connectivity index (χ2v) is 7.21. The van der Waals surface area contributed by atoms with Gasteiger partial charge < -0.3 is 10.1 Å². The van der Waals surface area contributed by atoms with Gasteiger partial charge in [0.05, 0.1) is 6.61 Å². The highest BCUT2D eigenvalue weighted by Gasteiger charge is 2.43. The third-order valence-corrected chi connectivity index (χ3v) is 4.76. The Morgan fingerprint density at radius 1 is 1.28 bits per heavy atom. The quantitative estimate of drug-likeness (QED) is 0.836. The molecule has 0 aromatic carbocycles.